The van der Waals surface area contributed by atoms with Crippen molar-refractivity contribution in [2.45, 2.75) is 26.4 Å². The maximum atomic E-state index is 13.0. The molecule has 0 atom stereocenters. The number of aryl methyl sites for hydroxylation is 1. The summed E-state index contributed by atoms with van der Waals surface area (Å²) in [5, 5.41) is 11.6. The molecule has 4 rings (SSSR count). The molecule has 0 aliphatic carbocycles. The number of amides is 1. The third-order valence-corrected chi connectivity index (χ3v) is 6.24. The number of alkyl halides is 3. The van der Waals surface area contributed by atoms with E-state index in [1.54, 1.807) is 44.2 Å². The van der Waals surface area contributed by atoms with E-state index >= 15 is 0 Å². The Morgan fingerprint density at radius 3 is 2.58 bits per heavy atom. The molecule has 1 amide bonds. The van der Waals surface area contributed by atoms with E-state index in [1.165, 1.54) is 22.1 Å². The van der Waals surface area contributed by atoms with Crippen molar-refractivity contribution in [2.24, 2.45) is 0 Å². The van der Waals surface area contributed by atoms with Gasteiger partial charge in [-0.25, -0.2) is 9.67 Å². The van der Waals surface area contributed by atoms with Crippen molar-refractivity contribution >= 4 is 34.0 Å². The van der Waals surface area contributed by atoms with E-state index in [0.717, 1.165) is 17.0 Å². The maximum Gasteiger partial charge on any atom is 0.416 e. The quantitative estimate of drug-likeness (QED) is 0.380. The van der Waals surface area contributed by atoms with Gasteiger partial charge in [0.25, 0.3) is 5.91 Å². The number of hydrogen-bond donors (Lipinski definition) is 1. The number of carbonyl (C=O) groups is 1. The van der Waals surface area contributed by atoms with Crippen LogP contribution in [0, 0.1) is 13.8 Å². The van der Waals surface area contributed by atoms with Gasteiger partial charge in [0.2, 0.25) is 0 Å². The molecule has 0 aliphatic rings. The lowest BCUT2D eigenvalue weighted by atomic mass is 10.1. The Bertz CT molecular complexity index is 1310. The fraction of sp³-hybridized carbons (Fsp3) is 0.182. The molecule has 0 bridgehead atoms. The van der Waals surface area contributed by atoms with E-state index in [0.29, 0.717) is 32.8 Å². The summed E-state index contributed by atoms with van der Waals surface area (Å²) >= 11 is 7.12. The molecule has 2 aromatic heterocycles. The maximum absolute atomic E-state index is 13.0. The van der Waals surface area contributed by atoms with Gasteiger partial charge in [0, 0.05) is 16.3 Å². The van der Waals surface area contributed by atoms with Crippen LogP contribution < -0.4 is 5.32 Å². The minimum atomic E-state index is -4.40. The third kappa shape index (κ3) is 5.07. The molecule has 0 radical (unpaired) electrons. The van der Waals surface area contributed by atoms with Crippen molar-refractivity contribution in [2.75, 3.05) is 5.32 Å². The topological polar surface area (TPSA) is 72.7 Å². The van der Waals surface area contributed by atoms with Crippen LogP contribution in [0.25, 0.3) is 5.69 Å². The molecule has 6 nitrogen and oxygen atoms in total. The number of rotatable bonds is 5. The summed E-state index contributed by atoms with van der Waals surface area (Å²) in [4.78, 5) is 17.9. The van der Waals surface area contributed by atoms with Gasteiger partial charge in [-0.05, 0) is 49.7 Å². The van der Waals surface area contributed by atoms with Crippen LogP contribution in [0.3, 0.4) is 0 Å². The molecule has 0 spiro atoms. The van der Waals surface area contributed by atoms with Gasteiger partial charge in [0.05, 0.1) is 22.6 Å². The fourth-order valence-corrected chi connectivity index (χ4v) is 4.33. The highest BCUT2D eigenvalue weighted by atomic mass is 35.5. The number of thiazole rings is 1. The molecule has 4 aromatic rings. The summed E-state index contributed by atoms with van der Waals surface area (Å²) in [6.07, 6.45) is -4.13. The smallest absolute Gasteiger partial charge is 0.296 e. The zero-order chi connectivity index (χ0) is 23.8. The van der Waals surface area contributed by atoms with Gasteiger partial charge in [-0.15, -0.1) is 16.4 Å². The molecule has 11 heteroatoms. The molecule has 2 heterocycles. The Morgan fingerprint density at radius 1 is 1.15 bits per heavy atom. The van der Waals surface area contributed by atoms with Crippen molar-refractivity contribution in [3.05, 3.63) is 86.6 Å². The SMILES string of the molecule is Cc1nc(NC(=O)c2nnn(-c3ccc(Cl)cc3)c2C)sc1Cc1cccc(C(F)(F)F)c1. The first-order valence-electron chi connectivity index (χ1n) is 9.74. The number of nitrogens with one attached hydrogen (secondary N) is 1. The second-order valence-electron chi connectivity index (χ2n) is 7.27. The summed E-state index contributed by atoms with van der Waals surface area (Å²) in [7, 11) is 0. The predicted octanol–water partition coefficient (Wildman–Crippen LogP) is 5.86. The van der Waals surface area contributed by atoms with Crippen molar-refractivity contribution in [3.63, 3.8) is 0 Å². The molecule has 33 heavy (non-hydrogen) atoms. The monoisotopic (exact) mass is 491 g/mol. The Balaban J connectivity index is 1.50. The predicted molar refractivity (Wildman–Crippen MR) is 120 cm³/mol. The van der Waals surface area contributed by atoms with Gasteiger partial charge >= 0.3 is 6.18 Å². The number of halogens is 4. The highest BCUT2D eigenvalue weighted by Crippen LogP contribution is 2.31. The van der Waals surface area contributed by atoms with Gasteiger partial charge in [0.15, 0.2) is 10.8 Å². The summed E-state index contributed by atoms with van der Waals surface area (Å²) in [5.41, 5.74) is 1.82. The number of hydrogen-bond acceptors (Lipinski definition) is 5. The van der Waals surface area contributed by atoms with Crippen LogP contribution in [0.15, 0.2) is 48.5 Å². The standard InChI is InChI=1S/C22H17ClF3N5OS/c1-12-18(11-14-4-3-5-15(10-14)22(24,25)26)33-21(27-12)28-20(32)19-13(2)31(30-29-19)17-8-6-16(23)7-9-17/h3-10H,11H2,1-2H3,(H,27,28,32). The number of anilines is 1. The van der Waals surface area contributed by atoms with Crippen molar-refractivity contribution in [1.82, 2.24) is 20.0 Å². The van der Waals surface area contributed by atoms with Crippen LogP contribution in [-0.2, 0) is 12.6 Å². The zero-order valence-electron chi connectivity index (χ0n) is 17.4. The number of aromatic nitrogens is 4. The van der Waals surface area contributed by atoms with Crippen LogP contribution in [0.1, 0.15) is 37.9 Å². The second-order valence-corrected chi connectivity index (χ2v) is 8.79. The van der Waals surface area contributed by atoms with Crippen molar-refractivity contribution < 1.29 is 18.0 Å². The van der Waals surface area contributed by atoms with Crippen LogP contribution in [0.5, 0.6) is 0 Å². The van der Waals surface area contributed by atoms with Gasteiger partial charge in [-0.3, -0.25) is 10.1 Å². The first-order chi connectivity index (χ1) is 15.6. The molecule has 0 saturated carbocycles. The van der Waals surface area contributed by atoms with Crippen molar-refractivity contribution in [1.29, 1.82) is 0 Å². The zero-order valence-corrected chi connectivity index (χ0v) is 19.0. The van der Waals surface area contributed by atoms with E-state index in [-0.39, 0.29) is 12.1 Å². The van der Waals surface area contributed by atoms with E-state index < -0.39 is 17.6 Å². The fourth-order valence-electron chi connectivity index (χ4n) is 3.21. The van der Waals surface area contributed by atoms with Crippen LogP contribution in [0.2, 0.25) is 5.02 Å². The Kier molecular flexibility index (Phi) is 6.22. The Hall–Kier alpha value is -3.24. The summed E-state index contributed by atoms with van der Waals surface area (Å²) in [6, 6.07) is 12.1. The molecule has 0 fully saturated rings. The highest BCUT2D eigenvalue weighted by molar-refractivity contribution is 7.15. The molecule has 0 aliphatic heterocycles. The lowest BCUT2D eigenvalue weighted by molar-refractivity contribution is -0.137. The Labute approximate surface area is 196 Å². The van der Waals surface area contributed by atoms with Gasteiger partial charge < -0.3 is 0 Å². The van der Waals surface area contributed by atoms with Gasteiger partial charge in [0.1, 0.15) is 0 Å². The first kappa shape index (κ1) is 22.9. The normalized spacial score (nSPS) is 11.6. The number of nitrogens with zero attached hydrogens (tertiary/aromatic N) is 4. The van der Waals surface area contributed by atoms with E-state index in [2.05, 4.69) is 20.6 Å². The summed E-state index contributed by atoms with van der Waals surface area (Å²) in [6.45, 7) is 3.47. The van der Waals surface area contributed by atoms with Crippen LogP contribution in [0.4, 0.5) is 18.3 Å². The molecule has 0 unspecified atom stereocenters. The summed E-state index contributed by atoms with van der Waals surface area (Å²) < 4.78 is 40.5. The number of carbonyl (C=O) groups excluding carboxylic acids is 1. The molecule has 2 aromatic carbocycles. The van der Waals surface area contributed by atoms with Gasteiger partial charge in [-0.1, -0.05) is 35.0 Å². The molecule has 0 saturated heterocycles. The minimum Gasteiger partial charge on any atom is -0.296 e. The average Bonchev–Trinajstić information content (AvgIpc) is 3.30. The summed E-state index contributed by atoms with van der Waals surface area (Å²) in [5.74, 6) is -0.480. The molecule has 1 N–H and O–H groups in total. The molecule has 170 valence electrons. The van der Waals surface area contributed by atoms with E-state index in [9.17, 15) is 18.0 Å². The minimum absolute atomic E-state index is 0.136. The second kappa shape index (κ2) is 8.95. The highest BCUT2D eigenvalue weighted by Gasteiger charge is 2.30. The third-order valence-electron chi connectivity index (χ3n) is 4.91. The Morgan fingerprint density at radius 2 is 1.88 bits per heavy atom. The van der Waals surface area contributed by atoms with E-state index in [4.69, 9.17) is 11.6 Å². The van der Waals surface area contributed by atoms with Crippen molar-refractivity contribution in [3.8, 4) is 5.69 Å². The lowest BCUT2D eigenvalue weighted by Gasteiger charge is -2.08. The first-order valence-corrected chi connectivity index (χ1v) is 10.9. The molecular weight excluding hydrogens is 475 g/mol. The number of benzene rings is 2. The van der Waals surface area contributed by atoms with Crippen LogP contribution >= 0.6 is 22.9 Å². The van der Waals surface area contributed by atoms with Crippen LogP contribution in [-0.4, -0.2) is 25.9 Å². The van der Waals surface area contributed by atoms with Gasteiger partial charge in [-0.2, -0.15) is 13.2 Å². The largest absolute Gasteiger partial charge is 0.416 e. The average molecular weight is 492 g/mol. The van der Waals surface area contributed by atoms with E-state index in [1.807, 2.05) is 0 Å². The lowest BCUT2D eigenvalue weighted by Crippen LogP contribution is -2.14. The molecular formula is C22H17ClF3N5OS.